The van der Waals surface area contributed by atoms with Crippen LogP contribution >= 0.6 is 0 Å². The number of nitrogens with one attached hydrogen (secondary N) is 1. The van der Waals surface area contributed by atoms with Crippen LogP contribution in [0.15, 0.2) is 18.2 Å². The number of carbonyl (C=O) groups excluding carboxylic acids is 1. The first-order valence-corrected chi connectivity index (χ1v) is 4.87. The average Bonchev–Trinajstić information content (AvgIpc) is 2.81. The van der Waals surface area contributed by atoms with Crippen LogP contribution in [0, 0.1) is 5.82 Å². The molecule has 1 amide bonds. The van der Waals surface area contributed by atoms with E-state index in [1.807, 2.05) is 6.92 Å². The highest BCUT2D eigenvalue weighted by atomic mass is 19.1. The summed E-state index contributed by atoms with van der Waals surface area (Å²) in [5.41, 5.74) is 5.90. The summed E-state index contributed by atoms with van der Waals surface area (Å²) in [6.45, 7) is 1.97. The van der Waals surface area contributed by atoms with E-state index in [2.05, 4.69) is 5.32 Å². The molecule has 1 aliphatic carbocycles. The molecular weight excluding hydrogens is 195 g/mol. The topological polar surface area (TPSA) is 55.1 Å². The van der Waals surface area contributed by atoms with Gasteiger partial charge in [0.05, 0.1) is 0 Å². The Bertz CT molecular complexity index is 393. The summed E-state index contributed by atoms with van der Waals surface area (Å²) >= 11 is 0. The molecule has 1 saturated carbocycles. The van der Waals surface area contributed by atoms with Crippen LogP contribution in [0.4, 0.5) is 10.1 Å². The van der Waals surface area contributed by atoms with E-state index >= 15 is 0 Å². The maximum Gasteiger partial charge on any atom is 0.251 e. The molecule has 1 aromatic carbocycles. The molecule has 0 unspecified atom stereocenters. The number of nitrogens with two attached hydrogens (primary N) is 1. The zero-order valence-electron chi connectivity index (χ0n) is 8.51. The molecule has 0 heterocycles. The number of carbonyl (C=O) groups is 1. The summed E-state index contributed by atoms with van der Waals surface area (Å²) in [5.74, 6) is -0.748. The van der Waals surface area contributed by atoms with Crippen LogP contribution in [0.1, 0.15) is 30.1 Å². The highest BCUT2D eigenvalue weighted by Gasteiger charge is 2.38. The van der Waals surface area contributed by atoms with E-state index in [1.54, 1.807) is 0 Å². The van der Waals surface area contributed by atoms with Crippen LogP contribution < -0.4 is 11.1 Å². The molecule has 15 heavy (non-hydrogen) atoms. The summed E-state index contributed by atoms with van der Waals surface area (Å²) in [5, 5.41) is 2.84. The second kappa shape index (κ2) is 3.22. The fraction of sp³-hybridized carbons (Fsp3) is 0.364. The number of halogens is 1. The molecule has 1 aliphatic rings. The molecule has 0 radical (unpaired) electrons. The minimum absolute atomic E-state index is 0.0990. The maximum absolute atomic E-state index is 13.0. The Balaban J connectivity index is 2.17. The summed E-state index contributed by atoms with van der Waals surface area (Å²) in [7, 11) is 0. The van der Waals surface area contributed by atoms with Crippen molar-refractivity contribution in [1.29, 1.82) is 0 Å². The monoisotopic (exact) mass is 208 g/mol. The molecule has 2 rings (SSSR count). The van der Waals surface area contributed by atoms with Crippen molar-refractivity contribution in [3.63, 3.8) is 0 Å². The molecule has 1 aromatic rings. The van der Waals surface area contributed by atoms with Gasteiger partial charge in [-0.2, -0.15) is 0 Å². The van der Waals surface area contributed by atoms with Crippen molar-refractivity contribution in [2.24, 2.45) is 0 Å². The molecular formula is C11H13FN2O. The highest BCUT2D eigenvalue weighted by molar-refractivity contribution is 5.95. The molecule has 0 saturated heterocycles. The number of anilines is 1. The molecule has 3 nitrogen and oxygen atoms in total. The standard InChI is InChI=1S/C11H13FN2O/c1-11(2-3-11)14-10(15)7-4-8(12)6-9(13)5-7/h4-6H,2-3,13H2,1H3,(H,14,15). The van der Waals surface area contributed by atoms with Gasteiger partial charge in [-0.25, -0.2) is 4.39 Å². The third-order valence-corrected chi connectivity index (χ3v) is 2.60. The fourth-order valence-electron chi connectivity index (χ4n) is 1.40. The molecule has 0 aromatic heterocycles. The molecule has 0 atom stereocenters. The van der Waals surface area contributed by atoms with Gasteiger partial charge >= 0.3 is 0 Å². The van der Waals surface area contributed by atoms with Gasteiger partial charge in [-0.1, -0.05) is 0 Å². The molecule has 0 bridgehead atoms. The normalized spacial score (nSPS) is 17.2. The van der Waals surface area contributed by atoms with Gasteiger partial charge in [0.25, 0.3) is 5.91 Å². The predicted molar refractivity (Wildman–Crippen MR) is 55.9 cm³/mol. The van der Waals surface area contributed by atoms with Gasteiger partial charge in [0.1, 0.15) is 5.82 Å². The summed E-state index contributed by atoms with van der Waals surface area (Å²) in [4.78, 5) is 11.7. The van der Waals surface area contributed by atoms with Gasteiger partial charge < -0.3 is 11.1 Å². The fourth-order valence-corrected chi connectivity index (χ4v) is 1.40. The summed E-state index contributed by atoms with van der Waals surface area (Å²) in [6, 6.07) is 3.86. The summed E-state index contributed by atoms with van der Waals surface area (Å²) < 4.78 is 13.0. The highest BCUT2D eigenvalue weighted by Crippen LogP contribution is 2.34. The lowest BCUT2D eigenvalue weighted by Crippen LogP contribution is -2.34. The van der Waals surface area contributed by atoms with Gasteiger partial charge in [-0.15, -0.1) is 0 Å². The van der Waals surface area contributed by atoms with E-state index in [-0.39, 0.29) is 22.7 Å². The number of rotatable bonds is 2. The van der Waals surface area contributed by atoms with Gasteiger partial charge in [-0.05, 0) is 38.0 Å². The van der Waals surface area contributed by atoms with E-state index in [4.69, 9.17) is 5.73 Å². The Morgan fingerprint density at radius 1 is 1.47 bits per heavy atom. The number of hydrogen-bond acceptors (Lipinski definition) is 2. The maximum atomic E-state index is 13.0. The van der Waals surface area contributed by atoms with E-state index in [0.717, 1.165) is 12.8 Å². The Morgan fingerprint density at radius 2 is 2.13 bits per heavy atom. The minimum Gasteiger partial charge on any atom is -0.399 e. The van der Waals surface area contributed by atoms with Crippen molar-refractivity contribution in [3.8, 4) is 0 Å². The van der Waals surface area contributed by atoms with Crippen LogP contribution in [0.2, 0.25) is 0 Å². The van der Waals surface area contributed by atoms with E-state index in [1.165, 1.54) is 18.2 Å². The first-order valence-electron chi connectivity index (χ1n) is 4.87. The Labute approximate surface area is 87.5 Å². The zero-order valence-corrected chi connectivity index (χ0v) is 8.51. The first-order chi connectivity index (χ1) is 6.98. The second-order valence-electron chi connectivity index (χ2n) is 4.29. The smallest absolute Gasteiger partial charge is 0.251 e. The lowest BCUT2D eigenvalue weighted by atomic mass is 10.1. The first kappa shape index (κ1) is 9.96. The van der Waals surface area contributed by atoms with Crippen molar-refractivity contribution >= 4 is 11.6 Å². The van der Waals surface area contributed by atoms with Crippen molar-refractivity contribution in [3.05, 3.63) is 29.6 Å². The Morgan fingerprint density at radius 3 is 2.67 bits per heavy atom. The number of benzene rings is 1. The van der Waals surface area contributed by atoms with Crippen LogP contribution in [-0.4, -0.2) is 11.4 Å². The van der Waals surface area contributed by atoms with Crippen molar-refractivity contribution in [2.75, 3.05) is 5.73 Å². The van der Waals surface area contributed by atoms with Gasteiger partial charge in [-0.3, -0.25) is 4.79 Å². The molecule has 4 heteroatoms. The van der Waals surface area contributed by atoms with Crippen molar-refractivity contribution in [2.45, 2.75) is 25.3 Å². The van der Waals surface area contributed by atoms with E-state index in [0.29, 0.717) is 0 Å². The SMILES string of the molecule is CC1(NC(=O)c2cc(N)cc(F)c2)CC1. The minimum atomic E-state index is -0.485. The zero-order chi connectivity index (χ0) is 11.1. The van der Waals surface area contributed by atoms with E-state index in [9.17, 15) is 9.18 Å². The van der Waals surface area contributed by atoms with Crippen LogP contribution in [-0.2, 0) is 0 Å². The quantitative estimate of drug-likeness (QED) is 0.727. The third kappa shape index (κ3) is 2.26. The predicted octanol–water partition coefficient (Wildman–Crippen LogP) is 1.69. The van der Waals surface area contributed by atoms with Crippen LogP contribution in [0.5, 0.6) is 0 Å². The third-order valence-electron chi connectivity index (χ3n) is 2.60. The number of nitrogen functional groups attached to an aromatic ring is 1. The van der Waals surface area contributed by atoms with Crippen LogP contribution in [0.25, 0.3) is 0 Å². The van der Waals surface area contributed by atoms with Crippen molar-refractivity contribution in [1.82, 2.24) is 5.32 Å². The van der Waals surface area contributed by atoms with Gasteiger partial charge in [0.15, 0.2) is 0 Å². The summed E-state index contributed by atoms with van der Waals surface area (Å²) in [6.07, 6.45) is 1.95. The molecule has 0 spiro atoms. The molecule has 0 aliphatic heterocycles. The van der Waals surface area contributed by atoms with E-state index < -0.39 is 5.82 Å². The molecule has 3 N–H and O–H groups in total. The number of hydrogen-bond donors (Lipinski definition) is 2. The second-order valence-corrected chi connectivity index (χ2v) is 4.29. The number of amides is 1. The van der Waals surface area contributed by atoms with Gasteiger partial charge in [0.2, 0.25) is 0 Å². The lowest BCUT2D eigenvalue weighted by molar-refractivity contribution is 0.0935. The largest absolute Gasteiger partial charge is 0.399 e. The van der Waals surface area contributed by atoms with Crippen molar-refractivity contribution < 1.29 is 9.18 Å². The van der Waals surface area contributed by atoms with Gasteiger partial charge in [0, 0.05) is 16.8 Å². The average molecular weight is 208 g/mol. The Kier molecular flexibility index (Phi) is 2.14. The molecule has 80 valence electrons. The van der Waals surface area contributed by atoms with Crippen LogP contribution in [0.3, 0.4) is 0 Å². The Hall–Kier alpha value is -1.58. The lowest BCUT2D eigenvalue weighted by Gasteiger charge is -2.11. The molecule has 1 fully saturated rings.